The second-order valence-electron chi connectivity index (χ2n) is 6.29. The number of morpholine rings is 1. The number of hydrogen-bond donors (Lipinski definition) is 2. The highest BCUT2D eigenvalue weighted by Crippen LogP contribution is 2.22. The van der Waals surface area contributed by atoms with Crippen molar-refractivity contribution in [1.29, 1.82) is 0 Å². The molecule has 1 aliphatic rings. The lowest BCUT2D eigenvalue weighted by Crippen LogP contribution is -2.42. The Morgan fingerprint density at radius 2 is 1.93 bits per heavy atom. The zero-order valence-corrected chi connectivity index (χ0v) is 17.5. The lowest BCUT2D eigenvalue weighted by atomic mass is 10.1. The summed E-state index contributed by atoms with van der Waals surface area (Å²) in [7, 11) is 0. The van der Waals surface area contributed by atoms with Gasteiger partial charge in [-0.05, 0) is 23.6 Å². The summed E-state index contributed by atoms with van der Waals surface area (Å²) in [5.74, 6) is 0.461. The Balaban J connectivity index is 0.00000364. The fraction of sp³-hybridized carbons (Fsp3) is 0.588. The SMILES string of the molecule is CC(CNC(N)=NCc1ccc(OC(F)(F)F)cc1)CN1CCOCC1.I. The van der Waals surface area contributed by atoms with Crippen molar-refractivity contribution in [1.82, 2.24) is 10.2 Å². The predicted molar refractivity (Wildman–Crippen MR) is 108 cm³/mol. The minimum absolute atomic E-state index is 0. The normalized spacial score (nSPS) is 17.1. The fourth-order valence-electron chi connectivity index (χ4n) is 2.60. The molecule has 3 N–H and O–H groups in total. The fourth-order valence-corrected chi connectivity index (χ4v) is 2.60. The molecule has 1 aliphatic heterocycles. The van der Waals surface area contributed by atoms with E-state index in [1.807, 2.05) is 0 Å². The van der Waals surface area contributed by atoms with Crippen LogP contribution in [0.1, 0.15) is 12.5 Å². The molecule has 154 valence electrons. The number of benzene rings is 1. The summed E-state index contributed by atoms with van der Waals surface area (Å²) in [4.78, 5) is 6.56. The van der Waals surface area contributed by atoms with Crippen LogP contribution in [0.25, 0.3) is 0 Å². The first-order valence-corrected chi connectivity index (χ1v) is 8.50. The van der Waals surface area contributed by atoms with Crippen LogP contribution in [0, 0.1) is 5.92 Å². The highest BCUT2D eigenvalue weighted by atomic mass is 127. The maximum absolute atomic E-state index is 12.1. The zero-order valence-electron chi connectivity index (χ0n) is 15.2. The molecule has 1 atom stereocenters. The van der Waals surface area contributed by atoms with E-state index in [1.54, 1.807) is 0 Å². The lowest BCUT2D eigenvalue weighted by Gasteiger charge is -2.29. The van der Waals surface area contributed by atoms with Crippen LogP contribution in [-0.2, 0) is 11.3 Å². The van der Waals surface area contributed by atoms with Gasteiger partial charge < -0.3 is 20.5 Å². The second-order valence-corrected chi connectivity index (χ2v) is 6.29. The molecule has 0 amide bonds. The molecule has 1 heterocycles. The molecule has 0 radical (unpaired) electrons. The molecule has 2 rings (SSSR count). The Bertz CT molecular complexity index is 579. The third-order valence-electron chi connectivity index (χ3n) is 3.89. The summed E-state index contributed by atoms with van der Waals surface area (Å²) >= 11 is 0. The molecule has 6 nitrogen and oxygen atoms in total. The Labute approximate surface area is 174 Å². The van der Waals surface area contributed by atoms with E-state index in [0.717, 1.165) is 38.4 Å². The largest absolute Gasteiger partial charge is 0.573 e. The molecule has 10 heteroatoms. The monoisotopic (exact) mass is 502 g/mol. The van der Waals surface area contributed by atoms with Crippen LogP contribution in [0.15, 0.2) is 29.3 Å². The minimum atomic E-state index is -4.69. The van der Waals surface area contributed by atoms with E-state index in [2.05, 4.69) is 26.9 Å². The summed E-state index contributed by atoms with van der Waals surface area (Å²) in [5.41, 5.74) is 6.59. The van der Waals surface area contributed by atoms with Gasteiger partial charge in [0.25, 0.3) is 0 Å². The summed E-state index contributed by atoms with van der Waals surface area (Å²) < 4.78 is 45.5. The molecule has 0 bridgehead atoms. The molecule has 1 aromatic rings. The number of nitrogens with two attached hydrogens (primary N) is 1. The van der Waals surface area contributed by atoms with E-state index < -0.39 is 6.36 Å². The Morgan fingerprint density at radius 3 is 2.52 bits per heavy atom. The number of guanidine groups is 1. The number of alkyl halides is 3. The number of ether oxygens (including phenoxy) is 2. The zero-order chi connectivity index (χ0) is 19.0. The third kappa shape index (κ3) is 10.0. The predicted octanol–water partition coefficient (Wildman–Crippen LogP) is 2.58. The van der Waals surface area contributed by atoms with Gasteiger partial charge in [0.2, 0.25) is 0 Å². The van der Waals surface area contributed by atoms with E-state index in [1.165, 1.54) is 24.3 Å². The number of nitrogens with zero attached hydrogens (tertiary/aromatic N) is 2. The Hall–Kier alpha value is -1.27. The lowest BCUT2D eigenvalue weighted by molar-refractivity contribution is -0.274. The molecular formula is C17H26F3IN4O2. The summed E-state index contributed by atoms with van der Waals surface area (Å²) in [5, 5.41) is 3.08. The molecule has 1 fully saturated rings. The van der Waals surface area contributed by atoms with Crippen molar-refractivity contribution in [3.05, 3.63) is 29.8 Å². The van der Waals surface area contributed by atoms with Gasteiger partial charge in [-0.2, -0.15) is 0 Å². The first-order valence-electron chi connectivity index (χ1n) is 8.50. The van der Waals surface area contributed by atoms with Gasteiger partial charge in [0.05, 0.1) is 19.8 Å². The number of halogens is 4. The van der Waals surface area contributed by atoms with Crippen LogP contribution in [0.5, 0.6) is 5.75 Å². The van der Waals surface area contributed by atoms with Crippen molar-refractivity contribution in [3.63, 3.8) is 0 Å². The van der Waals surface area contributed by atoms with Crippen molar-refractivity contribution in [2.75, 3.05) is 39.4 Å². The molecule has 0 saturated carbocycles. The first kappa shape index (κ1) is 23.8. The van der Waals surface area contributed by atoms with Crippen LogP contribution in [-0.4, -0.2) is 56.6 Å². The van der Waals surface area contributed by atoms with Crippen LogP contribution in [0.3, 0.4) is 0 Å². The maximum atomic E-state index is 12.1. The molecule has 0 aliphatic carbocycles. The minimum Gasteiger partial charge on any atom is -0.406 e. The van der Waals surface area contributed by atoms with E-state index >= 15 is 0 Å². The van der Waals surface area contributed by atoms with Crippen LogP contribution >= 0.6 is 24.0 Å². The number of hydrogen-bond acceptors (Lipinski definition) is 4. The van der Waals surface area contributed by atoms with Crippen molar-refractivity contribution in [2.45, 2.75) is 19.8 Å². The van der Waals surface area contributed by atoms with Crippen LogP contribution in [0.4, 0.5) is 13.2 Å². The molecule has 1 unspecified atom stereocenters. The van der Waals surface area contributed by atoms with Gasteiger partial charge in [0.15, 0.2) is 5.96 Å². The molecular weight excluding hydrogens is 476 g/mol. The first-order chi connectivity index (χ1) is 12.3. The quantitative estimate of drug-likeness (QED) is 0.341. The van der Waals surface area contributed by atoms with Crippen LogP contribution in [0.2, 0.25) is 0 Å². The molecule has 1 aromatic carbocycles. The van der Waals surface area contributed by atoms with Gasteiger partial charge in [-0.1, -0.05) is 19.1 Å². The smallest absolute Gasteiger partial charge is 0.406 e. The number of nitrogens with one attached hydrogen (secondary N) is 1. The van der Waals surface area contributed by atoms with Gasteiger partial charge in [-0.15, -0.1) is 37.1 Å². The van der Waals surface area contributed by atoms with Crippen molar-refractivity contribution >= 4 is 29.9 Å². The topological polar surface area (TPSA) is 72.1 Å². The molecule has 1 saturated heterocycles. The number of rotatable bonds is 7. The summed E-state index contributed by atoms with van der Waals surface area (Å²) in [6.07, 6.45) is -4.69. The summed E-state index contributed by atoms with van der Waals surface area (Å²) in [6, 6.07) is 5.57. The van der Waals surface area contributed by atoms with E-state index in [4.69, 9.17) is 10.5 Å². The third-order valence-corrected chi connectivity index (χ3v) is 3.89. The van der Waals surface area contributed by atoms with Crippen LogP contribution < -0.4 is 15.8 Å². The number of aliphatic imine (C=N–C) groups is 1. The van der Waals surface area contributed by atoms with Gasteiger partial charge in [0, 0.05) is 26.2 Å². The van der Waals surface area contributed by atoms with Crippen molar-refractivity contribution < 1.29 is 22.6 Å². The standard InChI is InChI=1S/C17H25F3N4O2.HI/c1-13(12-24-6-8-25-9-7-24)10-22-16(21)23-11-14-2-4-15(5-3-14)26-17(18,19)20;/h2-5,13H,6-12H2,1H3,(H3,21,22,23);1H. The molecule has 0 spiro atoms. The average molecular weight is 502 g/mol. The average Bonchev–Trinajstić information content (AvgIpc) is 2.59. The summed E-state index contributed by atoms with van der Waals surface area (Å²) in [6.45, 7) is 7.52. The Morgan fingerprint density at radius 1 is 1.30 bits per heavy atom. The van der Waals surface area contributed by atoms with Gasteiger partial charge in [0.1, 0.15) is 5.75 Å². The van der Waals surface area contributed by atoms with Crippen molar-refractivity contribution in [3.8, 4) is 5.75 Å². The van der Waals surface area contributed by atoms with Gasteiger partial charge >= 0.3 is 6.36 Å². The molecule has 27 heavy (non-hydrogen) atoms. The van der Waals surface area contributed by atoms with Crippen molar-refractivity contribution in [2.24, 2.45) is 16.6 Å². The molecule has 0 aromatic heterocycles. The van der Waals surface area contributed by atoms with Gasteiger partial charge in [-0.3, -0.25) is 4.90 Å². The van der Waals surface area contributed by atoms with Gasteiger partial charge in [-0.25, -0.2) is 4.99 Å². The second kappa shape index (κ2) is 11.5. The van der Waals surface area contributed by atoms with E-state index in [-0.39, 0.29) is 36.3 Å². The van der Waals surface area contributed by atoms with E-state index in [0.29, 0.717) is 18.4 Å². The maximum Gasteiger partial charge on any atom is 0.573 e. The highest BCUT2D eigenvalue weighted by Gasteiger charge is 2.30. The highest BCUT2D eigenvalue weighted by molar-refractivity contribution is 14.0. The van der Waals surface area contributed by atoms with E-state index in [9.17, 15) is 13.2 Å². The Kier molecular flexibility index (Phi) is 10.2.